The van der Waals surface area contributed by atoms with Crippen molar-refractivity contribution in [3.05, 3.63) is 42.5 Å². The van der Waals surface area contributed by atoms with Gasteiger partial charge in [-0.2, -0.15) is 0 Å². The van der Waals surface area contributed by atoms with E-state index in [1.165, 1.54) is 0 Å². The number of carbonyl (C=O) groups excluding carboxylic acids is 2. The number of nitrogens with zero attached hydrogens (tertiary/aromatic N) is 2. The Morgan fingerprint density at radius 2 is 1.78 bits per heavy atom. The van der Waals surface area contributed by atoms with Gasteiger partial charge in [0, 0.05) is 31.4 Å². The molecule has 4 rings (SSSR count). The molecule has 140 valence electrons. The van der Waals surface area contributed by atoms with Crippen LogP contribution in [0.3, 0.4) is 0 Å². The maximum Gasteiger partial charge on any atom is 0.308 e. The summed E-state index contributed by atoms with van der Waals surface area (Å²) in [6.45, 7) is 2.87. The van der Waals surface area contributed by atoms with Crippen LogP contribution in [0, 0.1) is 17.8 Å². The molecule has 27 heavy (non-hydrogen) atoms. The van der Waals surface area contributed by atoms with Gasteiger partial charge in [-0.25, -0.2) is 0 Å². The predicted octanol–water partition coefficient (Wildman–Crippen LogP) is 2.37. The molecule has 0 bridgehead atoms. The molecule has 2 aliphatic heterocycles. The maximum atomic E-state index is 12.9. The van der Waals surface area contributed by atoms with E-state index in [2.05, 4.69) is 0 Å². The third-order valence-corrected chi connectivity index (χ3v) is 5.77. The zero-order chi connectivity index (χ0) is 19.1. The molecule has 6 nitrogen and oxygen atoms in total. The Kier molecular flexibility index (Phi) is 4.34. The molecule has 0 radical (unpaired) electrons. The standard InChI is InChI=1S/C21H22N2O4/c1-13-10-22(12-17(13)21(26)27)20(25)15-9-19(24)23(11-15)18-8-4-6-14-5-2-3-7-16(14)18/h2-8,13,15,17H,9-12H2,1H3,(H,26,27)/t13-,15?,17-/m1/s1. The van der Waals surface area contributed by atoms with Crippen molar-refractivity contribution in [2.45, 2.75) is 13.3 Å². The summed E-state index contributed by atoms with van der Waals surface area (Å²) in [4.78, 5) is 40.2. The van der Waals surface area contributed by atoms with Crippen LogP contribution in [0.2, 0.25) is 0 Å². The van der Waals surface area contributed by atoms with Gasteiger partial charge in [-0.05, 0) is 17.4 Å². The second-order valence-corrected chi connectivity index (χ2v) is 7.57. The van der Waals surface area contributed by atoms with Crippen LogP contribution in [0.15, 0.2) is 42.5 Å². The molecule has 6 heteroatoms. The molecular weight excluding hydrogens is 344 g/mol. The van der Waals surface area contributed by atoms with Crippen LogP contribution in [0.1, 0.15) is 13.3 Å². The number of carboxylic acid groups (broad SMARTS) is 1. The van der Waals surface area contributed by atoms with Gasteiger partial charge in [0.25, 0.3) is 0 Å². The lowest BCUT2D eigenvalue weighted by Crippen LogP contribution is -2.36. The van der Waals surface area contributed by atoms with Crippen molar-refractivity contribution in [1.29, 1.82) is 0 Å². The van der Waals surface area contributed by atoms with Crippen molar-refractivity contribution in [2.24, 2.45) is 17.8 Å². The predicted molar refractivity (Wildman–Crippen MR) is 101 cm³/mol. The first-order chi connectivity index (χ1) is 13.0. The summed E-state index contributed by atoms with van der Waals surface area (Å²) in [5.74, 6) is -2.06. The van der Waals surface area contributed by atoms with E-state index in [1.807, 2.05) is 49.4 Å². The number of benzene rings is 2. The summed E-state index contributed by atoms with van der Waals surface area (Å²) < 4.78 is 0. The largest absolute Gasteiger partial charge is 0.481 e. The monoisotopic (exact) mass is 366 g/mol. The van der Waals surface area contributed by atoms with Gasteiger partial charge in [0.15, 0.2) is 0 Å². The van der Waals surface area contributed by atoms with E-state index in [0.29, 0.717) is 13.1 Å². The van der Waals surface area contributed by atoms with Crippen molar-refractivity contribution < 1.29 is 19.5 Å². The van der Waals surface area contributed by atoms with Crippen LogP contribution in [-0.4, -0.2) is 47.4 Å². The molecule has 2 aliphatic rings. The minimum absolute atomic E-state index is 0.0632. The SMILES string of the molecule is C[C@@H]1CN(C(=O)C2CC(=O)N(c3cccc4ccccc34)C2)C[C@H]1C(=O)O. The number of fused-ring (bicyclic) bond motifs is 1. The fraction of sp³-hybridized carbons (Fsp3) is 0.381. The second kappa shape index (κ2) is 6.68. The molecule has 0 saturated carbocycles. The first-order valence-corrected chi connectivity index (χ1v) is 9.25. The molecule has 0 spiro atoms. The fourth-order valence-electron chi connectivity index (χ4n) is 4.28. The van der Waals surface area contributed by atoms with E-state index < -0.39 is 17.8 Å². The lowest BCUT2D eigenvalue weighted by atomic mass is 9.99. The highest BCUT2D eigenvalue weighted by Gasteiger charge is 2.42. The normalized spacial score (nSPS) is 25.4. The molecule has 0 aromatic heterocycles. The van der Waals surface area contributed by atoms with Gasteiger partial charge in [0.1, 0.15) is 0 Å². The Hall–Kier alpha value is -2.89. The number of carboxylic acids is 1. The van der Waals surface area contributed by atoms with Crippen LogP contribution >= 0.6 is 0 Å². The quantitative estimate of drug-likeness (QED) is 0.905. The van der Waals surface area contributed by atoms with Gasteiger partial charge >= 0.3 is 5.97 Å². The van der Waals surface area contributed by atoms with E-state index in [-0.39, 0.29) is 30.7 Å². The highest BCUT2D eigenvalue weighted by Crippen LogP contribution is 2.33. The van der Waals surface area contributed by atoms with E-state index in [1.54, 1.807) is 9.80 Å². The summed E-state index contributed by atoms with van der Waals surface area (Å²) in [5.41, 5.74) is 0.826. The number of likely N-dealkylation sites (tertiary alicyclic amines) is 1. The highest BCUT2D eigenvalue weighted by atomic mass is 16.4. The molecule has 2 aromatic carbocycles. The number of carbonyl (C=O) groups is 3. The van der Waals surface area contributed by atoms with Crippen molar-refractivity contribution >= 4 is 34.2 Å². The van der Waals surface area contributed by atoms with Crippen LogP contribution in [0.4, 0.5) is 5.69 Å². The van der Waals surface area contributed by atoms with Crippen LogP contribution in [0.5, 0.6) is 0 Å². The minimum atomic E-state index is -0.863. The molecule has 1 N–H and O–H groups in total. The summed E-state index contributed by atoms with van der Waals surface area (Å²) in [7, 11) is 0. The van der Waals surface area contributed by atoms with E-state index in [4.69, 9.17) is 0 Å². The minimum Gasteiger partial charge on any atom is -0.481 e. The summed E-state index contributed by atoms with van der Waals surface area (Å²) in [5, 5.41) is 11.3. The van der Waals surface area contributed by atoms with E-state index >= 15 is 0 Å². The number of anilines is 1. The van der Waals surface area contributed by atoms with Crippen molar-refractivity contribution in [3.63, 3.8) is 0 Å². The molecule has 1 unspecified atom stereocenters. The Morgan fingerprint density at radius 1 is 1.04 bits per heavy atom. The Bertz CT molecular complexity index is 920. The number of rotatable bonds is 3. The second-order valence-electron chi connectivity index (χ2n) is 7.57. The smallest absolute Gasteiger partial charge is 0.308 e. The number of amides is 2. The number of hydrogen-bond donors (Lipinski definition) is 1. The molecule has 0 aliphatic carbocycles. The Morgan fingerprint density at radius 3 is 2.52 bits per heavy atom. The van der Waals surface area contributed by atoms with Gasteiger partial charge < -0.3 is 14.9 Å². The van der Waals surface area contributed by atoms with Gasteiger partial charge in [-0.15, -0.1) is 0 Å². The molecule has 2 saturated heterocycles. The highest BCUT2D eigenvalue weighted by molar-refractivity contribution is 6.07. The maximum absolute atomic E-state index is 12.9. The van der Waals surface area contributed by atoms with Gasteiger partial charge in [0.2, 0.25) is 11.8 Å². The molecular formula is C21H22N2O4. The average molecular weight is 366 g/mol. The average Bonchev–Trinajstić information content (AvgIpc) is 3.23. The molecule has 2 aromatic rings. The number of hydrogen-bond acceptors (Lipinski definition) is 3. The van der Waals surface area contributed by atoms with Gasteiger partial charge in [-0.1, -0.05) is 43.3 Å². The van der Waals surface area contributed by atoms with Crippen molar-refractivity contribution in [2.75, 3.05) is 24.5 Å². The van der Waals surface area contributed by atoms with Crippen LogP contribution in [-0.2, 0) is 14.4 Å². The molecule has 2 amide bonds. The topological polar surface area (TPSA) is 77.9 Å². The molecule has 2 heterocycles. The molecule has 3 atom stereocenters. The van der Waals surface area contributed by atoms with Crippen LogP contribution in [0.25, 0.3) is 10.8 Å². The third kappa shape index (κ3) is 3.05. The summed E-state index contributed by atoms with van der Waals surface area (Å²) >= 11 is 0. The zero-order valence-corrected chi connectivity index (χ0v) is 15.2. The number of aliphatic carboxylic acids is 1. The lowest BCUT2D eigenvalue weighted by Gasteiger charge is -2.22. The van der Waals surface area contributed by atoms with Crippen LogP contribution < -0.4 is 4.90 Å². The first kappa shape index (κ1) is 17.5. The van der Waals surface area contributed by atoms with Gasteiger partial charge in [0.05, 0.1) is 17.5 Å². The zero-order valence-electron chi connectivity index (χ0n) is 15.2. The molecule has 2 fully saturated rings. The summed E-state index contributed by atoms with van der Waals surface area (Å²) in [6, 6.07) is 13.7. The van der Waals surface area contributed by atoms with E-state index in [9.17, 15) is 19.5 Å². The Balaban J connectivity index is 1.54. The lowest BCUT2D eigenvalue weighted by molar-refractivity contribution is -0.142. The first-order valence-electron chi connectivity index (χ1n) is 9.25. The summed E-state index contributed by atoms with van der Waals surface area (Å²) in [6.07, 6.45) is 0.171. The van der Waals surface area contributed by atoms with E-state index in [0.717, 1.165) is 16.5 Å². The van der Waals surface area contributed by atoms with Gasteiger partial charge in [-0.3, -0.25) is 14.4 Å². The fourth-order valence-corrected chi connectivity index (χ4v) is 4.28. The van der Waals surface area contributed by atoms with Crippen molar-refractivity contribution in [3.8, 4) is 0 Å². The van der Waals surface area contributed by atoms with Crippen molar-refractivity contribution in [1.82, 2.24) is 4.90 Å². The Labute approximate surface area is 157 Å². The third-order valence-electron chi connectivity index (χ3n) is 5.77.